The van der Waals surface area contributed by atoms with Gasteiger partial charge in [-0.25, -0.2) is 4.98 Å². The molecule has 1 aromatic heterocycles. The van der Waals surface area contributed by atoms with E-state index in [1.807, 2.05) is 29.6 Å². The van der Waals surface area contributed by atoms with Crippen LogP contribution in [0.5, 0.6) is 22.4 Å². The van der Waals surface area contributed by atoms with Gasteiger partial charge in [-0.15, -0.1) is 0 Å². The quantitative estimate of drug-likeness (QED) is 0.683. The first kappa shape index (κ1) is 17.8. The van der Waals surface area contributed by atoms with Gasteiger partial charge in [-0.05, 0) is 29.8 Å². The van der Waals surface area contributed by atoms with E-state index in [1.165, 1.54) is 18.4 Å². The molecule has 2 aromatic carbocycles. The Balaban J connectivity index is 1.61. The molecule has 3 aromatic rings. The van der Waals surface area contributed by atoms with Gasteiger partial charge in [-0.3, -0.25) is 4.79 Å². The minimum absolute atomic E-state index is 0.215. The van der Waals surface area contributed by atoms with Crippen LogP contribution < -0.4 is 19.5 Å². The highest BCUT2D eigenvalue weighted by atomic mass is 32.1. The zero-order valence-electron chi connectivity index (χ0n) is 14.4. The van der Waals surface area contributed by atoms with Crippen LogP contribution in [-0.2, 0) is 6.54 Å². The zero-order valence-corrected chi connectivity index (χ0v) is 15.2. The maximum Gasteiger partial charge on any atom is 0.278 e. The summed E-state index contributed by atoms with van der Waals surface area (Å²) in [5, 5.41) is 5.33. The van der Waals surface area contributed by atoms with Gasteiger partial charge in [-0.1, -0.05) is 23.5 Å². The third-order valence-electron chi connectivity index (χ3n) is 3.64. The number of rotatable bonds is 7. The fourth-order valence-electron chi connectivity index (χ4n) is 2.30. The van der Waals surface area contributed by atoms with E-state index in [4.69, 9.17) is 14.2 Å². The summed E-state index contributed by atoms with van der Waals surface area (Å²) in [5.74, 6) is 1.59. The maximum atomic E-state index is 12.4. The molecule has 0 atom stereocenters. The second-order valence-electron chi connectivity index (χ2n) is 5.29. The molecule has 0 aliphatic rings. The van der Waals surface area contributed by atoms with Crippen LogP contribution in [0.1, 0.15) is 15.9 Å². The van der Waals surface area contributed by atoms with E-state index in [0.29, 0.717) is 34.6 Å². The van der Waals surface area contributed by atoms with Crippen LogP contribution >= 0.6 is 11.3 Å². The molecule has 1 heterocycles. The number of amides is 1. The third kappa shape index (κ3) is 4.31. The smallest absolute Gasteiger partial charge is 0.278 e. The van der Waals surface area contributed by atoms with E-state index in [2.05, 4.69) is 10.3 Å². The lowest BCUT2D eigenvalue weighted by Crippen LogP contribution is -2.23. The molecular weight excluding hydrogens is 352 g/mol. The molecule has 0 spiro atoms. The Labute approximate surface area is 155 Å². The summed E-state index contributed by atoms with van der Waals surface area (Å²) in [5.41, 5.74) is 1.41. The van der Waals surface area contributed by atoms with Crippen LogP contribution in [0.2, 0.25) is 0 Å². The van der Waals surface area contributed by atoms with Gasteiger partial charge < -0.3 is 19.5 Å². The first-order valence-electron chi connectivity index (χ1n) is 7.86. The number of aromatic nitrogens is 1. The Morgan fingerprint density at radius 2 is 1.85 bits per heavy atom. The number of benzene rings is 2. The summed E-state index contributed by atoms with van der Waals surface area (Å²) < 4.78 is 16.0. The normalized spacial score (nSPS) is 10.2. The standard InChI is InChI=1S/C19H18N2O4S/c1-23-15-7-8-16(17(11-15)24-2)18(22)21-12-13-3-5-14(6-4-13)25-19-20-9-10-26-19/h3-11H,12H2,1-2H3,(H,21,22). The Kier molecular flexibility index (Phi) is 5.70. The van der Waals surface area contributed by atoms with E-state index >= 15 is 0 Å². The average molecular weight is 370 g/mol. The third-order valence-corrected chi connectivity index (χ3v) is 4.29. The van der Waals surface area contributed by atoms with Gasteiger partial charge in [0.05, 0.1) is 19.8 Å². The SMILES string of the molecule is COc1ccc(C(=O)NCc2ccc(Oc3nccs3)cc2)c(OC)c1. The molecular formula is C19H18N2O4S. The van der Waals surface area contributed by atoms with Crippen LogP contribution in [0.3, 0.4) is 0 Å². The van der Waals surface area contributed by atoms with Crippen molar-refractivity contribution >= 4 is 17.2 Å². The number of thiazole rings is 1. The molecule has 0 unspecified atom stereocenters. The number of hydrogen-bond acceptors (Lipinski definition) is 6. The van der Waals surface area contributed by atoms with Crippen molar-refractivity contribution in [1.29, 1.82) is 0 Å². The second-order valence-corrected chi connectivity index (χ2v) is 6.15. The molecule has 3 rings (SSSR count). The molecule has 0 aliphatic carbocycles. The molecule has 0 radical (unpaired) electrons. The van der Waals surface area contributed by atoms with Crippen molar-refractivity contribution in [2.75, 3.05) is 14.2 Å². The lowest BCUT2D eigenvalue weighted by Gasteiger charge is -2.11. The lowest BCUT2D eigenvalue weighted by molar-refractivity contribution is 0.0948. The Bertz CT molecular complexity index is 864. The van der Waals surface area contributed by atoms with Crippen LogP contribution in [0.4, 0.5) is 0 Å². The molecule has 0 bridgehead atoms. The van der Waals surface area contributed by atoms with Crippen molar-refractivity contribution in [2.45, 2.75) is 6.54 Å². The average Bonchev–Trinajstić information content (AvgIpc) is 3.19. The predicted octanol–water partition coefficient (Wildman–Crippen LogP) is 3.88. The van der Waals surface area contributed by atoms with E-state index in [-0.39, 0.29) is 5.91 Å². The van der Waals surface area contributed by atoms with Crippen molar-refractivity contribution in [3.05, 3.63) is 65.2 Å². The van der Waals surface area contributed by atoms with Gasteiger partial charge in [0.15, 0.2) is 0 Å². The van der Waals surface area contributed by atoms with Crippen molar-refractivity contribution in [3.63, 3.8) is 0 Å². The summed E-state index contributed by atoms with van der Waals surface area (Å²) >= 11 is 1.43. The molecule has 0 fully saturated rings. The summed E-state index contributed by atoms with van der Waals surface area (Å²) in [7, 11) is 3.09. The maximum absolute atomic E-state index is 12.4. The molecule has 134 valence electrons. The summed E-state index contributed by atoms with van der Waals surface area (Å²) in [6.45, 7) is 0.394. The first-order chi connectivity index (χ1) is 12.7. The summed E-state index contributed by atoms with van der Waals surface area (Å²) in [6.07, 6.45) is 1.69. The zero-order chi connectivity index (χ0) is 18.4. The highest BCUT2D eigenvalue weighted by molar-refractivity contribution is 7.11. The topological polar surface area (TPSA) is 69.7 Å². The molecule has 26 heavy (non-hydrogen) atoms. The number of carbonyl (C=O) groups is 1. The Hall–Kier alpha value is -3.06. The second kappa shape index (κ2) is 8.35. The van der Waals surface area contributed by atoms with Crippen molar-refractivity contribution in [3.8, 4) is 22.4 Å². The van der Waals surface area contributed by atoms with Crippen LogP contribution in [-0.4, -0.2) is 25.1 Å². The summed E-state index contributed by atoms with van der Waals surface area (Å²) in [4.78, 5) is 16.5. The lowest BCUT2D eigenvalue weighted by atomic mass is 10.1. The van der Waals surface area contributed by atoms with Gasteiger partial charge in [0.1, 0.15) is 17.2 Å². The molecule has 1 amide bonds. The number of ether oxygens (including phenoxy) is 3. The minimum Gasteiger partial charge on any atom is -0.497 e. The molecule has 6 nitrogen and oxygen atoms in total. The minimum atomic E-state index is -0.215. The molecule has 0 saturated heterocycles. The monoisotopic (exact) mass is 370 g/mol. The van der Waals surface area contributed by atoms with Crippen LogP contribution in [0, 0.1) is 0 Å². The predicted molar refractivity (Wildman–Crippen MR) is 99.3 cm³/mol. The Morgan fingerprint density at radius 3 is 2.50 bits per heavy atom. The van der Waals surface area contributed by atoms with Gasteiger partial charge in [-0.2, -0.15) is 0 Å². The van der Waals surface area contributed by atoms with Gasteiger partial charge >= 0.3 is 0 Å². The fourth-order valence-corrected chi connectivity index (χ4v) is 2.80. The van der Waals surface area contributed by atoms with Crippen molar-refractivity contribution in [2.24, 2.45) is 0 Å². The fraction of sp³-hybridized carbons (Fsp3) is 0.158. The van der Waals surface area contributed by atoms with Gasteiger partial charge in [0.25, 0.3) is 11.1 Å². The van der Waals surface area contributed by atoms with Crippen LogP contribution in [0.25, 0.3) is 0 Å². The number of nitrogens with zero attached hydrogens (tertiary/aromatic N) is 1. The van der Waals surface area contributed by atoms with E-state index in [1.54, 1.807) is 31.5 Å². The highest BCUT2D eigenvalue weighted by Crippen LogP contribution is 2.25. The van der Waals surface area contributed by atoms with Gasteiger partial charge in [0, 0.05) is 24.2 Å². The van der Waals surface area contributed by atoms with E-state index < -0.39 is 0 Å². The highest BCUT2D eigenvalue weighted by Gasteiger charge is 2.13. The van der Waals surface area contributed by atoms with E-state index in [9.17, 15) is 4.79 Å². The first-order valence-corrected chi connectivity index (χ1v) is 8.74. The molecule has 0 saturated carbocycles. The van der Waals surface area contributed by atoms with Crippen molar-refractivity contribution in [1.82, 2.24) is 10.3 Å². The number of methoxy groups -OCH3 is 2. The molecule has 1 N–H and O–H groups in total. The number of nitrogens with one attached hydrogen (secondary N) is 1. The largest absolute Gasteiger partial charge is 0.497 e. The number of carbonyl (C=O) groups excluding carboxylic acids is 1. The Morgan fingerprint density at radius 1 is 1.08 bits per heavy atom. The van der Waals surface area contributed by atoms with Gasteiger partial charge in [0.2, 0.25) is 0 Å². The summed E-state index contributed by atoms with van der Waals surface area (Å²) in [6, 6.07) is 12.6. The van der Waals surface area contributed by atoms with Crippen LogP contribution in [0.15, 0.2) is 54.0 Å². The van der Waals surface area contributed by atoms with Crippen molar-refractivity contribution < 1.29 is 19.0 Å². The molecule has 0 aliphatic heterocycles. The number of hydrogen-bond donors (Lipinski definition) is 1. The molecule has 7 heteroatoms. The van der Waals surface area contributed by atoms with E-state index in [0.717, 1.165) is 5.56 Å².